The van der Waals surface area contributed by atoms with Gasteiger partial charge in [0.1, 0.15) is 0 Å². The second-order valence-corrected chi connectivity index (χ2v) is 7.85. The zero-order valence-corrected chi connectivity index (χ0v) is 14.9. The van der Waals surface area contributed by atoms with Gasteiger partial charge < -0.3 is 15.3 Å². The first-order chi connectivity index (χ1) is 9.90. The van der Waals surface area contributed by atoms with E-state index in [2.05, 4.69) is 44.8 Å². The Labute approximate surface area is 132 Å². The average molecular weight is 299 g/mol. The third kappa shape index (κ3) is 8.18. The van der Waals surface area contributed by atoms with E-state index in [1.165, 1.54) is 25.9 Å². The van der Waals surface area contributed by atoms with Crippen LogP contribution in [0.4, 0.5) is 0 Å². The Bertz CT molecular complexity index is 268. The molecule has 3 nitrogen and oxygen atoms in total. The van der Waals surface area contributed by atoms with Crippen LogP contribution in [0.1, 0.15) is 60.3 Å². The Kier molecular flexibility index (Phi) is 8.84. The number of hydrogen-bond donors (Lipinski definition) is 2. The Morgan fingerprint density at radius 2 is 1.86 bits per heavy atom. The molecule has 0 saturated carbocycles. The SMILES string of the molecule is CCC(O)CC1CC(NCCC(C)C)CN(CC(C)C)C1. The summed E-state index contributed by atoms with van der Waals surface area (Å²) in [5, 5.41) is 13.7. The lowest BCUT2D eigenvalue weighted by atomic mass is 9.88. The summed E-state index contributed by atoms with van der Waals surface area (Å²) in [4.78, 5) is 2.61. The molecule has 0 amide bonds. The number of piperidine rings is 1. The molecular weight excluding hydrogens is 260 g/mol. The first-order valence-electron chi connectivity index (χ1n) is 9.04. The van der Waals surface area contributed by atoms with Gasteiger partial charge in [-0.05, 0) is 50.0 Å². The summed E-state index contributed by atoms with van der Waals surface area (Å²) in [6, 6.07) is 0.602. The van der Waals surface area contributed by atoms with Crippen LogP contribution in [0.2, 0.25) is 0 Å². The van der Waals surface area contributed by atoms with Crippen LogP contribution in [-0.4, -0.2) is 48.3 Å². The molecule has 1 saturated heterocycles. The minimum atomic E-state index is -0.120. The smallest absolute Gasteiger partial charge is 0.0540 e. The Hall–Kier alpha value is -0.120. The van der Waals surface area contributed by atoms with Crippen LogP contribution in [0.25, 0.3) is 0 Å². The minimum absolute atomic E-state index is 0.120. The largest absolute Gasteiger partial charge is 0.393 e. The standard InChI is InChI=1S/C18H38N2O/c1-6-18(21)10-16-9-17(19-8-7-14(2)3)13-20(12-16)11-15(4)5/h14-19,21H,6-13H2,1-5H3. The van der Waals surface area contributed by atoms with Gasteiger partial charge in [-0.25, -0.2) is 0 Å². The molecule has 0 aromatic carbocycles. The second kappa shape index (κ2) is 9.81. The van der Waals surface area contributed by atoms with E-state index >= 15 is 0 Å². The highest BCUT2D eigenvalue weighted by atomic mass is 16.3. The highest BCUT2D eigenvalue weighted by Gasteiger charge is 2.28. The van der Waals surface area contributed by atoms with E-state index in [0.29, 0.717) is 12.0 Å². The summed E-state index contributed by atoms with van der Waals surface area (Å²) >= 11 is 0. The summed E-state index contributed by atoms with van der Waals surface area (Å²) in [7, 11) is 0. The van der Waals surface area contributed by atoms with Gasteiger partial charge in [0, 0.05) is 25.7 Å². The van der Waals surface area contributed by atoms with E-state index in [9.17, 15) is 5.11 Å². The highest BCUT2D eigenvalue weighted by molar-refractivity contribution is 4.85. The predicted molar refractivity (Wildman–Crippen MR) is 91.5 cm³/mol. The quantitative estimate of drug-likeness (QED) is 0.686. The lowest BCUT2D eigenvalue weighted by molar-refractivity contribution is 0.0784. The fourth-order valence-electron chi connectivity index (χ4n) is 3.41. The number of likely N-dealkylation sites (tertiary alicyclic amines) is 1. The molecule has 1 heterocycles. The van der Waals surface area contributed by atoms with Crippen molar-refractivity contribution in [1.82, 2.24) is 10.2 Å². The van der Waals surface area contributed by atoms with E-state index in [1.54, 1.807) is 0 Å². The van der Waals surface area contributed by atoms with E-state index in [-0.39, 0.29) is 6.10 Å². The van der Waals surface area contributed by atoms with Crippen LogP contribution in [0, 0.1) is 17.8 Å². The van der Waals surface area contributed by atoms with Gasteiger partial charge in [0.05, 0.1) is 6.10 Å². The molecule has 0 bridgehead atoms. The zero-order valence-electron chi connectivity index (χ0n) is 14.9. The van der Waals surface area contributed by atoms with E-state index in [1.807, 2.05) is 0 Å². The topological polar surface area (TPSA) is 35.5 Å². The van der Waals surface area contributed by atoms with Crippen molar-refractivity contribution in [3.63, 3.8) is 0 Å². The number of aliphatic hydroxyl groups is 1. The maximum Gasteiger partial charge on any atom is 0.0540 e. The van der Waals surface area contributed by atoms with Crippen LogP contribution in [0.15, 0.2) is 0 Å². The molecule has 126 valence electrons. The van der Waals surface area contributed by atoms with Crippen molar-refractivity contribution in [1.29, 1.82) is 0 Å². The summed E-state index contributed by atoms with van der Waals surface area (Å²) in [5.74, 6) is 2.13. The Morgan fingerprint density at radius 1 is 1.14 bits per heavy atom. The van der Waals surface area contributed by atoms with E-state index < -0.39 is 0 Å². The Morgan fingerprint density at radius 3 is 2.43 bits per heavy atom. The van der Waals surface area contributed by atoms with Gasteiger partial charge in [-0.15, -0.1) is 0 Å². The molecule has 3 atom stereocenters. The molecular formula is C18H38N2O. The van der Waals surface area contributed by atoms with Crippen molar-refractivity contribution < 1.29 is 5.11 Å². The number of rotatable bonds is 9. The van der Waals surface area contributed by atoms with Crippen LogP contribution >= 0.6 is 0 Å². The Balaban J connectivity index is 2.48. The minimum Gasteiger partial charge on any atom is -0.393 e. The van der Waals surface area contributed by atoms with Crippen molar-refractivity contribution in [3.05, 3.63) is 0 Å². The first kappa shape index (κ1) is 18.9. The van der Waals surface area contributed by atoms with Crippen LogP contribution in [-0.2, 0) is 0 Å². The monoisotopic (exact) mass is 298 g/mol. The molecule has 3 unspecified atom stereocenters. The van der Waals surface area contributed by atoms with Gasteiger partial charge in [0.2, 0.25) is 0 Å². The van der Waals surface area contributed by atoms with Gasteiger partial charge in [0.15, 0.2) is 0 Å². The third-order valence-electron chi connectivity index (χ3n) is 4.47. The molecule has 1 aliphatic rings. The molecule has 21 heavy (non-hydrogen) atoms. The summed E-state index contributed by atoms with van der Waals surface area (Å²) in [6.07, 6.45) is 4.21. The molecule has 0 aliphatic carbocycles. The molecule has 2 N–H and O–H groups in total. The summed E-state index contributed by atoms with van der Waals surface area (Å²) in [6.45, 7) is 15.9. The molecule has 0 spiro atoms. The fourth-order valence-corrected chi connectivity index (χ4v) is 3.41. The van der Waals surface area contributed by atoms with Crippen LogP contribution in [0.3, 0.4) is 0 Å². The molecule has 0 radical (unpaired) electrons. The fraction of sp³-hybridized carbons (Fsp3) is 1.00. The van der Waals surface area contributed by atoms with Gasteiger partial charge in [-0.3, -0.25) is 0 Å². The van der Waals surface area contributed by atoms with Crippen molar-refractivity contribution in [2.24, 2.45) is 17.8 Å². The van der Waals surface area contributed by atoms with Gasteiger partial charge in [-0.2, -0.15) is 0 Å². The predicted octanol–water partition coefficient (Wildman–Crippen LogP) is 3.13. The maximum absolute atomic E-state index is 9.97. The molecule has 1 rings (SSSR count). The van der Waals surface area contributed by atoms with Crippen molar-refractivity contribution in [3.8, 4) is 0 Å². The van der Waals surface area contributed by atoms with Crippen molar-refractivity contribution >= 4 is 0 Å². The molecule has 0 aromatic rings. The first-order valence-corrected chi connectivity index (χ1v) is 9.04. The van der Waals surface area contributed by atoms with Crippen LogP contribution < -0.4 is 5.32 Å². The summed E-state index contributed by atoms with van der Waals surface area (Å²) < 4.78 is 0. The normalized spacial score (nSPS) is 25.7. The number of nitrogens with one attached hydrogen (secondary N) is 1. The van der Waals surface area contributed by atoms with Gasteiger partial charge in [0.25, 0.3) is 0 Å². The number of hydrogen-bond acceptors (Lipinski definition) is 3. The third-order valence-corrected chi connectivity index (χ3v) is 4.47. The maximum atomic E-state index is 9.97. The highest BCUT2D eigenvalue weighted by Crippen LogP contribution is 2.23. The zero-order chi connectivity index (χ0) is 15.8. The van der Waals surface area contributed by atoms with Gasteiger partial charge in [-0.1, -0.05) is 34.6 Å². The lowest BCUT2D eigenvalue weighted by Gasteiger charge is -2.39. The molecule has 0 aromatic heterocycles. The average Bonchev–Trinajstić information content (AvgIpc) is 2.37. The van der Waals surface area contributed by atoms with E-state index in [4.69, 9.17) is 0 Å². The van der Waals surface area contributed by atoms with Crippen LogP contribution in [0.5, 0.6) is 0 Å². The second-order valence-electron chi connectivity index (χ2n) is 7.85. The number of aliphatic hydroxyl groups excluding tert-OH is 1. The van der Waals surface area contributed by atoms with Gasteiger partial charge >= 0.3 is 0 Å². The van der Waals surface area contributed by atoms with Crippen molar-refractivity contribution in [2.75, 3.05) is 26.2 Å². The van der Waals surface area contributed by atoms with E-state index in [0.717, 1.165) is 37.8 Å². The molecule has 1 aliphatic heterocycles. The molecule has 3 heteroatoms. The van der Waals surface area contributed by atoms with Crippen molar-refractivity contribution in [2.45, 2.75) is 72.4 Å². The number of nitrogens with zero attached hydrogens (tertiary/aromatic N) is 1. The molecule has 1 fully saturated rings. The summed E-state index contributed by atoms with van der Waals surface area (Å²) in [5.41, 5.74) is 0. The lowest BCUT2D eigenvalue weighted by Crippen LogP contribution is -2.50.